The van der Waals surface area contributed by atoms with E-state index in [9.17, 15) is 14.7 Å². The number of urea groups is 1. The average Bonchev–Trinajstić information content (AvgIpc) is 2.95. The summed E-state index contributed by atoms with van der Waals surface area (Å²) in [6, 6.07) is 11.8. The Morgan fingerprint density at radius 2 is 2.03 bits per heavy atom. The van der Waals surface area contributed by atoms with Gasteiger partial charge in [0, 0.05) is 54.9 Å². The van der Waals surface area contributed by atoms with Gasteiger partial charge in [-0.2, -0.15) is 0 Å². The van der Waals surface area contributed by atoms with Gasteiger partial charge in [-0.1, -0.05) is 13.0 Å². The Bertz CT molecular complexity index is 1250. The van der Waals surface area contributed by atoms with Gasteiger partial charge in [-0.25, -0.2) is 9.78 Å². The summed E-state index contributed by atoms with van der Waals surface area (Å²) >= 11 is 0. The van der Waals surface area contributed by atoms with Crippen molar-refractivity contribution in [2.75, 3.05) is 39.2 Å². The highest BCUT2D eigenvalue weighted by Gasteiger charge is 2.34. The zero-order valence-corrected chi connectivity index (χ0v) is 22.0. The minimum absolute atomic E-state index is 0.155. The molecule has 0 bridgehead atoms. The lowest BCUT2D eigenvalue weighted by Crippen LogP contribution is -2.50. The summed E-state index contributed by atoms with van der Waals surface area (Å²) in [6.07, 6.45) is 4.56. The number of nitrogens with one attached hydrogen (secondary N) is 1. The van der Waals surface area contributed by atoms with Crippen LogP contribution in [0.2, 0.25) is 0 Å². The zero-order valence-electron chi connectivity index (χ0n) is 22.0. The molecule has 1 aliphatic rings. The fourth-order valence-electron chi connectivity index (χ4n) is 4.26. The Hall–Kier alpha value is -4.18. The third kappa shape index (κ3) is 6.03. The summed E-state index contributed by atoms with van der Waals surface area (Å²) in [6.45, 7) is 4.17. The van der Waals surface area contributed by atoms with Crippen LogP contribution in [0.15, 0.2) is 61.1 Å². The van der Waals surface area contributed by atoms with Gasteiger partial charge in [0.15, 0.2) is 0 Å². The van der Waals surface area contributed by atoms with Gasteiger partial charge in [-0.3, -0.25) is 9.78 Å². The number of rotatable bonds is 7. The monoisotopic (exact) mass is 519 g/mol. The van der Waals surface area contributed by atoms with Crippen molar-refractivity contribution in [2.45, 2.75) is 26.0 Å². The molecule has 1 aromatic carbocycles. The first-order valence-corrected chi connectivity index (χ1v) is 12.5. The molecule has 3 amide bonds. The predicted molar refractivity (Wildman–Crippen MR) is 143 cm³/mol. The van der Waals surface area contributed by atoms with Crippen molar-refractivity contribution in [1.82, 2.24) is 19.8 Å². The van der Waals surface area contributed by atoms with Crippen molar-refractivity contribution in [3.63, 3.8) is 0 Å². The Balaban J connectivity index is 1.59. The SMILES string of the molecule is COc1ccc(NC(=O)N(C)C[C@H]2Oc3ncc(-c4cccnc4)cc3C(=O)N([C@@H](C)CO)C[C@@H]2C)cc1. The molecule has 200 valence electrons. The number of likely N-dealkylation sites (N-methyl/N-ethyl adjacent to an activating group) is 1. The number of methoxy groups -OCH3 is 1. The molecule has 0 unspecified atom stereocenters. The lowest BCUT2D eigenvalue weighted by atomic mass is 9.99. The highest BCUT2D eigenvalue weighted by Crippen LogP contribution is 2.30. The number of anilines is 1. The number of carbonyl (C=O) groups is 2. The first kappa shape index (κ1) is 26.9. The molecule has 3 atom stereocenters. The van der Waals surface area contributed by atoms with E-state index in [1.807, 2.05) is 19.1 Å². The first-order valence-electron chi connectivity index (χ1n) is 12.5. The van der Waals surface area contributed by atoms with Gasteiger partial charge in [0.1, 0.15) is 17.4 Å². The molecule has 0 aliphatic carbocycles. The molecule has 0 spiro atoms. The molecule has 0 saturated heterocycles. The third-order valence-corrected chi connectivity index (χ3v) is 6.66. The van der Waals surface area contributed by atoms with Crippen LogP contribution < -0.4 is 14.8 Å². The molecule has 0 saturated carbocycles. The number of hydrogen-bond acceptors (Lipinski definition) is 7. The van der Waals surface area contributed by atoms with Crippen LogP contribution in [0.3, 0.4) is 0 Å². The molecular weight excluding hydrogens is 486 g/mol. The molecule has 2 aromatic heterocycles. The molecule has 1 aliphatic heterocycles. The standard InChI is InChI=1S/C28H33N5O5/c1-18-15-33(19(2)17-34)27(35)24-12-21(20-6-5-11-29-13-20)14-30-26(24)38-25(18)16-32(3)28(36)31-22-7-9-23(37-4)10-8-22/h5-14,18-19,25,34H,15-17H2,1-4H3,(H,31,36)/t18-,19-,25+/m0/s1. The molecule has 0 fully saturated rings. The normalized spacial score (nSPS) is 17.9. The second-order valence-corrected chi connectivity index (χ2v) is 9.48. The van der Waals surface area contributed by atoms with Gasteiger partial charge in [-0.05, 0) is 43.3 Å². The summed E-state index contributed by atoms with van der Waals surface area (Å²) in [7, 11) is 3.27. The maximum absolute atomic E-state index is 13.6. The second kappa shape index (κ2) is 11.9. The van der Waals surface area contributed by atoms with Gasteiger partial charge in [0.2, 0.25) is 5.88 Å². The van der Waals surface area contributed by atoms with E-state index in [1.165, 1.54) is 4.90 Å². The second-order valence-electron chi connectivity index (χ2n) is 9.48. The van der Waals surface area contributed by atoms with E-state index < -0.39 is 12.1 Å². The molecule has 38 heavy (non-hydrogen) atoms. The Morgan fingerprint density at radius 3 is 2.68 bits per heavy atom. The topological polar surface area (TPSA) is 117 Å². The molecule has 10 heteroatoms. The quantitative estimate of drug-likeness (QED) is 0.490. The summed E-state index contributed by atoms with van der Waals surface area (Å²) in [5.74, 6) is 0.466. The number of nitrogens with zero attached hydrogens (tertiary/aromatic N) is 4. The molecule has 10 nitrogen and oxygen atoms in total. The molecular formula is C28H33N5O5. The van der Waals surface area contributed by atoms with E-state index in [0.717, 1.165) is 11.1 Å². The highest BCUT2D eigenvalue weighted by atomic mass is 16.5. The summed E-state index contributed by atoms with van der Waals surface area (Å²) in [4.78, 5) is 38.4. The van der Waals surface area contributed by atoms with E-state index >= 15 is 0 Å². The number of aliphatic hydroxyl groups excluding tert-OH is 1. The molecule has 4 rings (SSSR count). The summed E-state index contributed by atoms with van der Waals surface area (Å²) in [5, 5.41) is 12.7. The fourth-order valence-corrected chi connectivity index (χ4v) is 4.26. The minimum atomic E-state index is -0.460. The summed E-state index contributed by atoms with van der Waals surface area (Å²) < 4.78 is 11.5. The van der Waals surface area contributed by atoms with E-state index in [4.69, 9.17) is 9.47 Å². The van der Waals surface area contributed by atoms with Crippen molar-refractivity contribution in [2.24, 2.45) is 5.92 Å². The number of amides is 3. The Kier molecular flexibility index (Phi) is 8.42. The number of aromatic nitrogens is 2. The fraction of sp³-hybridized carbons (Fsp3) is 0.357. The first-order chi connectivity index (χ1) is 18.3. The van der Waals surface area contributed by atoms with Crippen molar-refractivity contribution < 1.29 is 24.2 Å². The molecule has 3 heterocycles. The van der Waals surface area contributed by atoms with Crippen molar-refractivity contribution in [3.8, 4) is 22.8 Å². The van der Waals surface area contributed by atoms with E-state index in [2.05, 4.69) is 15.3 Å². The number of aliphatic hydroxyl groups is 1. The van der Waals surface area contributed by atoms with Crippen LogP contribution in [0.1, 0.15) is 24.2 Å². The lowest BCUT2D eigenvalue weighted by Gasteiger charge is -2.37. The summed E-state index contributed by atoms with van der Waals surface area (Å²) in [5.41, 5.74) is 2.48. The van der Waals surface area contributed by atoms with E-state index in [1.54, 1.807) is 74.9 Å². The molecule has 0 radical (unpaired) electrons. The van der Waals surface area contributed by atoms with Gasteiger partial charge >= 0.3 is 6.03 Å². The van der Waals surface area contributed by atoms with Gasteiger partial charge in [0.05, 0.1) is 26.3 Å². The number of benzene rings is 1. The van der Waals surface area contributed by atoms with Crippen LogP contribution in [0.4, 0.5) is 10.5 Å². The van der Waals surface area contributed by atoms with Gasteiger partial charge in [-0.15, -0.1) is 0 Å². The van der Waals surface area contributed by atoms with Crippen LogP contribution in [0, 0.1) is 5.92 Å². The molecule has 3 aromatic rings. The van der Waals surface area contributed by atoms with Crippen molar-refractivity contribution in [1.29, 1.82) is 0 Å². The third-order valence-electron chi connectivity index (χ3n) is 6.66. The number of hydrogen-bond donors (Lipinski definition) is 2. The maximum atomic E-state index is 13.6. The van der Waals surface area contributed by atoms with Crippen LogP contribution in [-0.4, -0.2) is 82.8 Å². The van der Waals surface area contributed by atoms with Gasteiger partial charge < -0.3 is 29.7 Å². The van der Waals surface area contributed by atoms with E-state index in [0.29, 0.717) is 23.5 Å². The van der Waals surface area contributed by atoms with Crippen molar-refractivity contribution >= 4 is 17.6 Å². The lowest BCUT2D eigenvalue weighted by molar-refractivity contribution is 0.0356. The maximum Gasteiger partial charge on any atom is 0.321 e. The largest absolute Gasteiger partial charge is 0.497 e. The number of carbonyl (C=O) groups excluding carboxylic acids is 2. The molecule has 2 N–H and O–H groups in total. The van der Waals surface area contributed by atoms with Gasteiger partial charge in [0.25, 0.3) is 5.91 Å². The smallest absolute Gasteiger partial charge is 0.321 e. The zero-order chi connectivity index (χ0) is 27.2. The van der Waals surface area contributed by atoms with Crippen LogP contribution in [0.25, 0.3) is 11.1 Å². The Labute approximate surface area is 222 Å². The Morgan fingerprint density at radius 1 is 1.26 bits per heavy atom. The number of fused-ring (bicyclic) bond motifs is 1. The van der Waals surface area contributed by atoms with E-state index in [-0.39, 0.29) is 36.9 Å². The number of ether oxygens (including phenoxy) is 2. The minimum Gasteiger partial charge on any atom is -0.497 e. The van der Waals surface area contributed by atoms with Crippen LogP contribution in [0.5, 0.6) is 11.6 Å². The highest BCUT2D eigenvalue weighted by molar-refractivity contribution is 5.98. The predicted octanol–water partition coefficient (Wildman–Crippen LogP) is 3.54. The average molecular weight is 520 g/mol. The van der Waals surface area contributed by atoms with Crippen LogP contribution in [-0.2, 0) is 0 Å². The van der Waals surface area contributed by atoms with Crippen molar-refractivity contribution in [3.05, 3.63) is 66.6 Å². The number of pyridine rings is 2. The van der Waals surface area contributed by atoms with Crippen LogP contribution >= 0.6 is 0 Å².